The summed E-state index contributed by atoms with van der Waals surface area (Å²) in [6.07, 6.45) is 0. The van der Waals surface area contributed by atoms with Gasteiger partial charge < -0.3 is 13.7 Å². The van der Waals surface area contributed by atoms with Crippen LogP contribution in [0, 0.1) is 0 Å². The molecule has 3 nitrogen and oxygen atoms in total. The molecule has 9 aromatic carbocycles. The van der Waals surface area contributed by atoms with Gasteiger partial charge in [0.2, 0.25) is 0 Å². The molecule has 0 bridgehead atoms. The maximum atomic E-state index is 2.45. The zero-order chi connectivity index (χ0) is 35.8. The zero-order valence-corrected chi connectivity index (χ0v) is 29.7. The Labute approximate surface area is 316 Å². The van der Waals surface area contributed by atoms with Crippen LogP contribution in [0.2, 0.25) is 0 Å². The summed E-state index contributed by atoms with van der Waals surface area (Å²) in [7, 11) is 0. The highest BCUT2D eigenvalue weighted by Crippen LogP contribution is 2.52. The Morgan fingerprint density at radius 3 is 1.40 bits per heavy atom. The minimum Gasteiger partial charge on any atom is -0.309 e. The lowest BCUT2D eigenvalue weighted by Crippen LogP contribution is -1.98. The Kier molecular flexibility index (Phi) is 5.63. The van der Waals surface area contributed by atoms with Crippen LogP contribution in [0.5, 0.6) is 0 Å². The summed E-state index contributed by atoms with van der Waals surface area (Å²) in [6, 6.07) is 69.3. The number of hydrogen-bond donors (Lipinski definition) is 0. The summed E-state index contributed by atoms with van der Waals surface area (Å²) in [5.41, 5.74) is 16.1. The fraction of sp³-hybridized carbons (Fsp3) is 0. The molecule has 55 heavy (non-hydrogen) atoms. The van der Waals surface area contributed by atoms with Gasteiger partial charge in [0.05, 0.1) is 33.1 Å². The third kappa shape index (κ3) is 3.79. The minimum absolute atomic E-state index is 1.14. The maximum absolute atomic E-state index is 2.45. The van der Waals surface area contributed by atoms with E-state index in [1.54, 1.807) is 0 Å². The quantitative estimate of drug-likeness (QED) is 0.175. The van der Waals surface area contributed by atoms with Crippen molar-refractivity contribution in [3.05, 3.63) is 188 Å². The lowest BCUT2D eigenvalue weighted by Gasteiger charge is -2.13. The van der Waals surface area contributed by atoms with Gasteiger partial charge in [0.1, 0.15) is 0 Å². The molecule has 0 atom stereocenters. The van der Waals surface area contributed by atoms with Crippen LogP contribution in [0.15, 0.2) is 188 Å². The third-order valence-corrected chi connectivity index (χ3v) is 12.1. The molecule has 3 heterocycles. The first-order valence-corrected chi connectivity index (χ1v) is 19.0. The van der Waals surface area contributed by atoms with E-state index in [-0.39, 0.29) is 0 Å². The van der Waals surface area contributed by atoms with E-state index in [0.29, 0.717) is 0 Å². The maximum Gasteiger partial charge on any atom is 0.0562 e. The van der Waals surface area contributed by atoms with Crippen molar-refractivity contribution in [2.45, 2.75) is 0 Å². The van der Waals surface area contributed by atoms with Crippen molar-refractivity contribution in [3.63, 3.8) is 0 Å². The zero-order valence-electron chi connectivity index (χ0n) is 29.7. The van der Waals surface area contributed by atoms with E-state index < -0.39 is 0 Å². The standard InChI is InChI=1S/C52H31N3/c1-2-14-33(15-3-1)54-44-21-7-4-16-36(44)42-30-43-37-17-5-8-22-45(37)55(49(43)31-48(42)54)35-26-24-34(25-27-35)53-46-23-9-6-18-40(46)52-47(53)29-28-39-38-19-10-12-32-13-11-20-41(50(32)38)51(39)52/h1-31H. The smallest absolute Gasteiger partial charge is 0.0562 e. The van der Waals surface area contributed by atoms with Crippen LogP contribution in [0.1, 0.15) is 0 Å². The molecular weight excluding hydrogens is 667 g/mol. The van der Waals surface area contributed by atoms with Crippen LogP contribution in [0.25, 0.3) is 116 Å². The first kappa shape index (κ1) is 29.1. The molecule has 0 saturated carbocycles. The number of para-hydroxylation sites is 4. The van der Waals surface area contributed by atoms with Crippen molar-refractivity contribution in [1.82, 2.24) is 13.7 Å². The van der Waals surface area contributed by atoms with Crippen molar-refractivity contribution in [1.29, 1.82) is 0 Å². The lowest BCUT2D eigenvalue weighted by atomic mass is 9.98. The normalized spacial score (nSPS) is 12.4. The Hall–Kier alpha value is -7.36. The van der Waals surface area contributed by atoms with Gasteiger partial charge in [0, 0.05) is 54.9 Å². The van der Waals surface area contributed by atoms with Gasteiger partial charge in [0.25, 0.3) is 0 Å². The average Bonchev–Trinajstić information content (AvgIpc) is 3.96. The summed E-state index contributed by atoms with van der Waals surface area (Å²) in [4.78, 5) is 0. The molecule has 3 heteroatoms. The predicted octanol–water partition coefficient (Wildman–Crippen LogP) is 13.8. The van der Waals surface area contributed by atoms with Crippen LogP contribution in [0.4, 0.5) is 0 Å². The third-order valence-electron chi connectivity index (χ3n) is 12.1. The molecule has 0 radical (unpaired) electrons. The van der Waals surface area contributed by atoms with E-state index in [9.17, 15) is 0 Å². The predicted molar refractivity (Wildman–Crippen MR) is 231 cm³/mol. The number of hydrogen-bond acceptors (Lipinski definition) is 0. The van der Waals surface area contributed by atoms with Gasteiger partial charge >= 0.3 is 0 Å². The van der Waals surface area contributed by atoms with Gasteiger partial charge in [-0.3, -0.25) is 0 Å². The van der Waals surface area contributed by atoms with Crippen molar-refractivity contribution in [2.24, 2.45) is 0 Å². The SMILES string of the molecule is c1ccc(-n2c3ccccc3c3cc4c5ccccc5n(-c5ccc(-n6c7ccccc7c7c8c(ccc76)-c6cccc7cccc-8c67)cc5)c4cc32)cc1. The molecule has 0 spiro atoms. The first-order chi connectivity index (χ1) is 27.3. The number of benzene rings is 9. The second-order valence-corrected chi connectivity index (χ2v) is 14.9. The molecule has 0 saturated heterocycles. The van der Waals surface area contributed by atoms with E-state index in [0.717, 1.165) is 17.1 Å². The second kappa shape index (κ2) is 10.6. The van der Waals surface area contributed by atoms with E-state index in [1.165, 1.54) is 98.4 Å². The van der Waals surface area contributed by atoms with E-state index in [1.807, 2.05) is 0 Å². The number of aromatic nitrogens is 3. The van der Waals surface area contributed by atoms with Crippen LogP contribution in [0.3, 0.4) is 0 Å². The van der Waals surface area contributed by atoms with Gasteiger partial charge in [-0.15, -0.1) is 0 Å². The van der Waals surface area contributed by atoms with Crippen molar-refractivity contribution < 1.29 is 0 Å². The van der Waals surface area contributed by atoms with Crippen molar-refractivity contribution >= 4 is 76.2 Å². The number of nitrogens with zero attached hydrogens (tertiary/aromatic N) is 3. The molecular formula is C52H31N3. The summed E-state index contributed by atoms with van der Waals surface area (Å²) >= 11 is 0. The van der Waals surface area contributed by atoms with E-state index in [4.69, 9.17) is 0 Å². The molecule has 1 aliphatic carbocycles. The second-order valence-electron chi connectivity index (χ2n) is 14.9. The topological polar surface area (TPSA) is 14.8 Å². The Morgan fingerprint density at radius 2 is 0.764 bits per heavy atom. The highest BCUT2D eigenvalue weighted by Gasteiger charge is 2.26. The fourth-order valence-electron chi connectivity index (χ4n) is 9.93. The molecule has 3 aromatic heterocycles. The van der Waals surface area contributed by atoms with Gasteiger partial charge in [-0.25, -0.2) is 0 Å². The summed E-state index contributed by atoms with van der Waals surface area (Å²) in [5, 5.41) is 10.3. The average molecular weight is 698 g/mol. The summed E-state index contributed by atoms with van der Waals surface area (Å²) < 4.78 is 7.30. The van der Waals surface area contributed by atoms with E-state index >= 15 is 0 Å². The van der Waals surface area contributed by atoms with Gasteiger partial charge in [-0.2, -0.15) is 0 Å². The highest BCUT2D eigenvalue weighted by molar-refractivity contribution is 6.26. The molecule has 12 aromatic rings. The summed E-state index contributed by atoms with van der Waals surface area (Å²) in [6.45, 7) is 0. The molecule has 0 N–H and O–H groups in total. The molecule has 13 rings (SSSR count). The van der Waals surface area contributed by atoms with Crippen LogP contribution >= 0.6 is 0 Å². The monoisotopic (exact) mass is 697 g/mol. The molecule has 0 amide bonds. The fourth-order valence-corrected chi connectivity index (χ4v) is 9.93. The Morgan fingerprint density at radius 1 is 0.255 bits per heavy atom. The Balaban J connectivity index is 1.04. The molecule has 0 unspecified atom stereocenters. The lowest BCUT2D eigenvalue weighted by molar-refractivity contribution is 1.14. The molecule has 0 fully saturated rings. The van der Waals surface area contributed by atoms with Crippen LogP contribution in [-0.4, -0.2) is 13.7 Å². The number of rotatable bonds is 3. The van der Waals surface area contributed by atoms with Crippen LogP contribution < -0.4 is 0 Å². The van der Waals surface area contributed by atoms with Crippen molar-refractivity contribution in [3.8, 4) is 39.3 Å². The number of fused-ring (bicyclic) bond motifs is 13. The Bertz CT molecular complexity index is 3570. The largest absolute Gasteiger partial charge is 0.309 e. The molecule has 0 aliphatic heterocycles. The van der Waals surface area contributed by atoms with Crippen molar-refractivity contribution in [2.75, 3.05) is 0 Å². The molecule has 1 aliphatic rings. The first-order valence-electron chi connectivity index (χ1n) is 19.0. The van der Waals surface area contributed by atoms with E-state index in [2.05, 4.69) is 202 Å². The van der Waals surface area contributed by atoms with Crippen LogP contribution in [-0.2, 0) is 0 Å². The highest BCUT2D eigenvalue weighted by atomic mass is 15.0. The minimum atomic E-state index is 1.14. The summed E-state index contributed by atoms with van der Waals surface area (Å²) in [5.74, 6) is 0. The molecule has 254 valence electrons. The van der Waals surface area contributed by atoms with Gasteiger partial charge in [-0.1, -0.05) is 115 Å². The van der Waals surface area contributed by atoms with Gasteiger partial charge in [0.15, 0.2) is 0 Å². The van der Waals surface area contributed by atoms with Gasteiger partial charge in [-0.05, 0) is 100 Å².